The van der Waals surface area contributed by atoms with Crippen LogP contribution in [0.4, 0.5) is 0 Å². The molecule has 0 spiro atoms. The summed E-state index contributed by atoms with van der Waals surface area (Å²) in [6, 6.07) is 18.5. The summed E-state index contributed by atoms with van der Waals surface area (Å²) in [6.07, 6.45) is 2.47. The van der Waals surface area contributed by atoms with Crippen LogP contribution < -0.4 is 5.43 Å². The zero-order valence-electron chi connectivity index (χ0n) is 12.3. The molecule has 2 aromatic carbocycles. The van der Waals surface area contributed by atoms with Crippen molar-refractivity contribution in [3.8, 4) is 0 Å². The third kappa shape index (κ3) is 4.68. The van der Waals surface area contributed by atoms with E-state index in [1.165, 1.54) is 0 Å². The molecule has 2 rings (SSSR count). The van der Waals surface area contributed by atoms with E-state index in [0.717, 1.165) is 5.56 Å². The van der Waals surface area contributed by atoms with Gasteiger partial charge < -0.3 is 5.11 Å². The van der Waals surface area contributed by atoms with E-state index < -0.39 is 12.0 Å². The average Bonchev–Trinajstić information content (AvgIpc) is 2.58. The van der Waals surface area contributed by atoms with Crippen LogP contribution in [0.15, 0.2) is 71.8 Å². The molecule has 1 amide bonds. The summed E-state index contributed by atoms with van der Waals surface area (Å²) in [5, 5.41) is 13.9. The Morgan fingerprint density at radius 2 is 1.68 bits per heavy atom. The van der Waals surface area contributed by atoms with Crippen molar-refractivity contribution in [2.45, 2.75) is 13.0 Å². The van der Waals surface area contributed by atoms with E-state index in [-0.39, 0.29) is 0 Å². The topological polar surface area (TPSA) is 61.7 Å². The van der Waals surface area contributed by atoms with Crippen molar-refractivity contribution >= 4 is 17.7 Å². The number of nitrogens with one attached hydrogen (secondary N) is 1. The lowest BCUT2D eigenvalue weighted by molar-refractivity contribution is -0.129. The number of hydrogen-bond acceptors (Lipinski definition) is 3. The van der Waals surface area contributed by atoms with E-state index in [1.807, 2.05) is 42.5 Å². The predicted octanol–water partition coefficient (Wildman–Crippen LogP) is 2.93. The first-order valence-electron chi connectivity index (χ1n) is 6.97. The molecule has 0 heterocycles. The van der Waals surface area contributed by atoms with Gasteiger partial charge in [-0.3, -0.25) is 4.79 Å². The van der Waals surface area contributed by atoms with Crippen molar-refractivity contribution in [2.24, 2.45) is 5.10 Å². The Kier molecular flexibility index (Phi) is 5.63. The molecule has 0 aliphatic heterocycles. The second-order valence-electron chi connectivity index (χ2n) is 4.79. The van der Waals surface area contributed by atoms with Gasteiger partial charge in [0.25, 0.3) is 5.91 Å². The molecule has 1 unspecified atom stereocenters. The van der Waals surface area contributed by atoms with Crippen LogP contribution in [-0.4, -0.2) is 16.7 Å². The number of rotatable bonds is 5. The fourth-order valence-corrected chi connectivity index (χ4v) is 1.81. The van der Waals surface area contributed by atoms with Crippen LogP contribution in [0.1, 0.15) is 24.2 Å². The van der Waals surface area contributed by atoms with Crippen molar-refractivity contribution in [1.82, 2.24) is 5.43 Å². The summed E-state index contributed by atoms with van der Waals surface area (Å²) in [5.41, 5.74) is 4.58. The molecule has 112 valence electrons. The Bertz CT molecular complexity index is 664. The van der Waals surface area contributed by atoms with Gasteiger partial charge in [0.1, 0.15) is 0 Å². The molecule has 0 saturated carbocycles. The summed E-state index contributed by atoms with van der Waals surface area (Å²) in [6.45, 7) is 1.77. The predicted molar refractivity (Wildman–Crippen MR) is 88.1 cm³/mol. The van der Waals surface area contributed by atoms with Gasteiger partial charge in [-0.05, 0) is 24.1 Å². The monoisotopic (exact) mass is 294 g/mol. The van der Waals surface area contributed by atoms with E-state index >= 15 is 0 Å². The third-order valence-electron chi connectivity index (χ3n) is 3.02. The highest BCUT2D eigenvalue weighted by Crippen LogP contribution is 2.11. The molecule has 2 aromatic rings. The molecule has 4 nitrogen and oxygen atoms in total. The van der Waals surface area contributed by atoms with Gasteiger partial charge in [-0.25, -0.2) is 5.43 Å². The zero-order valence-corrected chi connectivity index (χ0v) is 12.3. The second kappa shape index (κ2) is 7.90. The summed E-state index contributed by atoms with van der Waals surface area (Å²) in [5.74, 6) is -0.557. The number of carbonyl (C=O) groups is 1. The molecule has 0 aromatic heterocycles. The molecule has 4 heteroatoms. The maximum Gasteiger partial charge on any atom is 0.273 e. The standard InChI is InChI=1S/C18H18N2O2/c1-14(12-13-15-8-4-2-5-9-15)19-20-18(22)17(21)16-10-6-3-7-11-16/h2-13,17,21H,1H3,(H,20,22)/b13-12+,19-14+. The lowest BCUT2D eigenvalue weighted by atomic mass is 10.1. The van der Waals surface area contributed by atoms with Crippen molar-refractivity contribution in [3.05, 3.63) is 77.9 Å². The number of aliphatic hydroxyl groups excluding tert-OH is 1. The normalized spacial score (nSPS) is 13.1. The Morgan fingerprint density at radius 3 is 2.32 bits per heavy atom. The molecule has 0 fully saturated rings. The van der Waals surface area contributed by atoms with E-state index in [2.05, 4.69) is 10.5 Å². The number of aliphatic hydroxyl groups is 1. The Hall–Kier alpha value is -2.72. The van der Waals surface area contributed by atoms with Crippen LogP contribution in [0.2, 0.25) is 0 Å². The number of nitrogens with zero attached hydrogens (tertiary/aromatic N) is 1. The molecule has 0 aliphatic carbocycles. The maximum atomic E-state index is 11.8. The van der Waals surface area contributed by atoms with Gasteiger partial charge in [-0.15, -0.1) is 0 Å². The van der Waals surface area contributed by atoms with E-state index in [4.69, 9.17) is 0 Å². The summed E-state index contributed by atoms with van der Waals surface area (Å²) in [7, 11) is 0. The SMILES string of the molecule is CC(/C=C/c1ccccc1)=N\NC(=O)C(O)c1ccccc1. The van der Waals surface area contributed by atoms with Gasteiger partial charge in [0.2, 0.25) is 0 Å². The first-order chi connectivity index (χ1) is 10.7. The lowest BCUT2D eigenvalue weighted by Gasteiger charge is -2.08. The molecule has 0 saturated heterocycles. The van der Waals surface area contributed by atoms with Crippen LogP contribution in [0.25, 0.3) is 6.08 Å². The smallest absolute Gasteiger partial charge is 0.273 e. The molecule has 0 radical (unpaired) electrons. The number of hydrazone groups is 1. The molecular weight excluding hydrogens is 276 g/mol. The Labute approximate surface area is 129 Å². The molecule has 0 bridgehead atoms. The largest absolute Gasteiger partial charge is 0.378 e. The highest BCUT2D eigenvalue weighted by atomic mass is 16.3. The highest BCUT2D eigenvalue weighted by Gasteiger charge is 2.15. The minimum atomic E-state index is -1.23. The number of hydrogen-bond donors (Lipinski definition) is 2. The van der Waals surface area contributed by atoms with E-state index in [0.29, 0.717) is 11.3 Å². The highest BCUT2D eigenvalue weighted by molar-refractivity contribution is 5.97. The summed E-state index contributed by atoms with van der Waals surface area (Å²) < 4.78 is 0. The second-order valence-corrected chi connectivity index (χ2v) is 4.79. The van der Waals surface area contributed by atoms with Gasteiger partial charge in [0.15, 0.2) is 6.10 Å². The van der Waals surface area contributed by atoms with Crippen molar-refractivity contribution in [2.75, 3.05) is 0 Å². The number of carbonyl (C=O) groups excluding carboxylic acids is 1. The molecule has 1 atom stereocenters. The molecule has 2 N–H and O–H groups in total. The third-order valence-corrected chi connectivity index (χ3v) is 3.02. The van der Waals surface area contributed by atoms with Gasteiger partial charge in [0.05, 0.1) is 5.71 Å². The zero-order chi connectivity index (χ0) is 15.8. The van der Waals surface area contributed by atoms with Gasteiger partial charge in [-0.2, -0.15) is 5.10 Å². The first-order valence-corrected chi connectivity index (χ1v) is 6.97. The quantitative estimate of drug-likeness (QED) is 0.658. The van der Waals surface area contributed by atoms with Crippen molar-refractivity contribution in [3.63, 3.8) is 0 Å². The number of amides is 1. The van der Waals surface area contributed by atoms with Crippen molar-refractivity contribution in [1.29, 1.82) is 0 Å². The lowest BCUT2D eigenvalue weighted by Crippen LogP contribution is -2.25. The van der Waals surface area contributed by atoms with Gasteiger partial charge >= 0.3 is 0 Å². The molecule has 22 heavy (non-hydrogen) atoms. The van der Waals surface area contributed by atoms with Gasteiger partial charge in [-0.1, -0.05) is 66.7 Å². The molecular formula is C18H18N2O2. The van der Waals surface area contributed by atoms with Crippen molar-refractivity contribution < 1.29 is 9.90 Å². The van der Waals surface area contributed by atoms with Crippen LogP contribution in [0.5, 0.6) is 0 Å². The maximum absolute atomic E-state index is 11.8. The minimum Gasteiger partial charge on any atom is -0.378 e. The molecule has 0 aliphatic rings. The fourth-order valence-electron chi connectivity index (χ4n) is 1.81. The number of benzene rings is 2. The fraction of sp³-hybridized carbons (Fsp3) is 0.111. The van der Waals surface area contributed by atoms with E-state index in [9.17, 15) is 9.90 Å². The minimum absolute atomic E-state index is 0.535. The Balaban J connectivity index is 1.93. The van der Waals surface area contributed by atoms with Crippen LogP contribution >= 0.6 is 0 Å². The number of allylic oxidation sites excluding steroid dienone is 1. The summed E-state index contributed by atoms with van der Waals surface area (Å²) >= 11 is 0. The van der Waals surface area contributed by atoms with Crippen LogP contribution in [0.3, 0.4) is 0 Å². The van der Waals surface area contributed by atoms with Crippen LogP contribution in [-0.2, 0) is 4.79 Å². The van der Waals surface area contributed by atoms with E-state index in [1.54, 1.807) is 37.3 Å². The van der Waals surface area contributed by atoms with Crippen LogP contribution in [0, 0.1) is 0 Å². The average molecular weight is 294 g/mol. The first kappa shape index (κ1) is 15.7. The van der Waals surface area contributed by atoms with Gasteiger partial charge in [0, 0.05) is 0 Å². The Morgan fingerprint density at radius 1 is 1.09 bits per heavy atom. The summed E-state index contributed by atoms with van der Waals surface area (Å²) in [4.78, 5) is 11.8.